The molecule has 4 heteroatoms. The van der Waals surface area contributed by atoms with Gasteiger partial charge in [-0.3, -0.25) is 0 Å². The summed E-state index contributed by atoms with van der Waals surface area (Å²) < 4.78 is 5.77. The molecule has 4 nitrogen and oxygen atoms in total. The zero-order valence-corrected chi connectivity index (χ0v) is 11.3. The summed E-state index contributed by atoms with van der Waals surface area (Å²) in [5, 5.41) is 11.7. The summed E-state index contributed by atoms with van der Waals surface area (Å²) in [4.78, 5) is 0. The van der Waals surface area contributed by atoms with Crippen molar-refractivity contribution in [1.29, 1.82) is 0 Å². The highest BCUT2D eigenvalue weighted by Crippen LogP contribution is 2.23. The SMILES string of the molecule is CC(OCCC(C)(C)C(N)=NO)c1ccccc1. The minimum atomic E-state index is -0.356. The molecule has 0 aliphatic carbocycles. The average Bonchev–Trinajstić information content (AvgIpc) is 2.38. The normalized spacial score (nSPS) is 14.5. The van der Waals surface area contributed by atoms with Gasteiger partial charge in [0.2, 0.25) is 0 Å². The minimum absolute atomic E-state index is 0.0503. The molecule has 1 rings (SSSR count). The van der Waals surface area contributed by atoms with Crippen molar-refractivity contribution in [3.05, 3.63) is 35.9 Å². The van der Waals surface area contributed by atoms with Crippen LogP contribution in [0.1, 0.15) is 38.9 Å². The highest BCUT2D eigenvalue weighted by molar-refractivity contribution is 5.85. The highest BCUT2D eigenvalue weighted by Gasteiger charge is 2.23. The van der Waals surface area contributed by atoms with Crippen LogP contribution in [0.25, 0.3) is 0 Å². The van der Waals surface area contributed by atoms with Crippen molar-refractivity contribution in [2.75, 3.05) is 6.61 Å². The van der Waals surface area contributed by atoms with E-state index >= 15 is 0 Å². The molecule has 1 aromatic carbocycles. The first kappa shape index (κ1) is 14.5. The summed E-state index contributed by atoms with van der Waals surface area (Å²) in [7, 11) is 0. The molecule has 0 aromatic heterocycles. The lowest BCUT2D eigenvalue weighted by atomic mass is 9.88. The van der Waals surface area contributed by atoms with Crippen LogP contribution in [0.15, 0.2) is 35.5 Å². The molecular weight excluding hydrogens is 228 g/mol. The first-order valence-electron chi connectivity index (χ1n) is 6.12. The summed E-state index contributed by atoms with van der Waals surface area (Å²) in [5.41, 5.74) is 6.42. The van der Waals surface area contributed by atoms with Crippen LogP contribution in [0.3, 0.4) is 0 Å². The molecular formula is C14H22N2O2. The van der Waals surface area contributed by atoms with E-state index in [1.165, 1.54) is 0 Å². The van der Waals surface area contributed by atoms with E-state index in [2.05, 4.69) is 5.16 Å². The summed E-state index contributed by atoms with van der Waals surface area (Å²) >= 11 is 0. The zero-order valence-electron chi connectivity index (χ0n) is 11.3. The number of benzene rings is 1. The molecule has 0 saturated carbocycles. The van der Waals surface area contributed by atoms with E-state index in [1.807, 2.05) is 51.1 Å². The number of amidine groups is 1. The van der Waals surface area contributed by atoms with Crippen molar-refractivity contribution >= 4 is 5.84 Å². The molecule has 0 fully saturated rings. The Morgan fingerprint density at radius 2 is 2.00 bits per heavy atom. The maximum absolute atomic E-state index is 8.68. The van der Waals surface area contributed by atoms with Gasteiger partial charge in [-0.25, -0.2) is 0 Å². The zero-order chi connectivity index (χ0) is 13.6. The first-order valence-corrected chi connectivity index (χ1v) is 6.12. The van der Waals surface area contributed by atoms with Gasteiger partial charge in [0, 0.05) is 12.0 Å². The Morgan fingerprint density at radius 1 is 1.39 bits per heavy atom. The fraction of sp³-hybridized carbons (Fsp3) is 0.500. The van der Waals surface area contributed by atoms with Crippen LogP contribution in [0.4, 0.5) is 0 Å². The largest absolute Gasteiger partial charge is 0.409 e. The standard InChI is InChI=1S/C14H22N2O2/c1-11(12-7-5-4-6-8-12)18-10-9-14(2,3)13(15)16-17/h4-8,11,17H,9-10H2,1-3H3,(H2,15,16). The number of hydrogen-bond acceptors (Lipinski definition) is 3. The van der Waals surface area contributed by atoms with Gasteiger partial charge >= 0.3 is 0 Å². The third kappa shape index (κ3) is 4.04. The van der Waals surface area contributed by atoms with Gasteiger partial charge < -0.3 is 15.7 Å². The molecule has 100 valence electrons. The van der Waals surface area contributed by atoms with Gasteiger partial charge in [-0.05, 0) is 18.9 Å². The molecule has 0 amide bonds. The molecule has 1 atom stereocenters. The van der Waals surface area contributed by atoms with E-state index in [-0.39, 0.29) is 17.4 Å². The van der Waals surface area contributed by atoms with Gasteiger partial charge in [0.15, 0.2) is 0 Å². The van der Waals surface area contributed by atoms with E-state index in [9.17, 15) is 0 Å². The molecule has 0 radical (unpaired) electrons. The van der Waals surface area contributed by atoms with E-state index in [4.69, 9.17) is 15.7 Å². The Kier molecular flexibility index (Phi) is 5.16. The number of oxime groups is 1. The average molecular weight is 250 g/mol. The van der Waals surface area contributed by atoms with E-state index in [0.717, 1.165) is 5.56 Å². The van der Waals surface area contributed by atoms with Gasteiger partial charge in [0.1, 0.15) is 5.84 Å². The van der Waals surface area contributed by atoms with Crippen molar-refractivity contribution < 1.29 is 9.94 Å². The summed E-state index contributed by atoms with van der Waals surface area (Å²) in [5.74, 6) is 0.235. The molecule has 1 aromatic rings. The Hall–Kier alpha value is -1.55. The molecule has 0 bridgehead atoms. The Labute approximate surface area is 108 Å². The lowest BCUT2D eigenvalue weighted by Crippen LogP contribution is -2.33. The summed E-state index contributed by atoms with van der Waals surface area (Å²) in [6.45, 7) is 6.45. The van der Waals surface area contributed by atoms with Crippen LogP contribution < -0.4 is 5.73 Å². The quantitative estimate of drug-likeness (QED) is 0.353. The number of hydrogen-bond donors (Lipinski definition) is 2. The lowest BCUT2D eigenvalue weighted by molar-refractivity contribution is 0.0533. The highest BCUT2D eigenvalue weighted by atomic mass is 16.5. The molecule has 1 unspecified atom stereocenters. The van der Waals surface area contributed by atoms with Crippen molar-refractivity contribution in [1.82, 2.24) is 0 Å². The fourth-order valence-corrected chi connectivity index (χ4v) is 1.57. The Balaban J connectivity index is 2.43. The second kappa shape index (κ2) is 6.40. The predicted octanol–water partition coefficient (Wildman–Crippen LogP) is 2.93. The molecule has 0 spiro atoms. The topological polar surface area (TPSA) is 67.8 Å². The van der Waals surface area contributed by atoms with Crippen molar-refractivity contribution in [3.63, 3.8) is 0 Å². The minimum Gasteiger partial charge on any atom is -0.409 e. The fourth-order valence-electron chi connectivity index (χ4n) is 1.57. The summed E-state index contributed by atoms with van der Waals surface area (Å²) in [6.07, 6.45) is 0.759. The van der Waals surface area contributed by atoms with Crippen molar-refractivity contribution in [2.24, 2.45) is 16.3 Å². The van der Waals surface area contributed by atoms with Crippen LogP contribution in [-0.2, 0) is 4.74 Å². The third-order valence-corrected chi connectivity index (χ3v) is 3.17. The molecule has 0 saturated heterocycles. The Morgan fingerprint density at radius 3 is 2.56 bits per heavy atom. The van der Waals surface area contributed by atoms with E-state index < -0.39 is 0 Å². The molecule has 18 heavy (non-hydrogen) atoms. The molecule has 0 aliphatic rings. The number of nitrogens with two attached hydrogens (primary N) is 1. The van der Waals surface area contributed by atoms with Crippen LogP contribution in [-0.4, -0.2) is 17.6 Å². The summed E-state index contributed by atoms with van der Waals surface area (Å²) in [6, 6.07) is 10.1. The van der Waals surface area contributed by atoms with Gasteiger partial charge in [-0.2, -0.15) is 0 Å². The molecule has 0 heterocycles. The smallest absolute Gasteiger partial charge is 0.144 e. The third-order valence-electron chi connectivity index (χ3n) is 3.17. The van der Waals surface area contributed by atoms with Crippen molar-refractivity contribution in [2.45, 2.75) is 33.3 Å². The van der Waals surface area contributed by atoms with E-state index in [0.29, 0.717) is 13.0 Å². The second-order valence-corrected chi connectivity index (χ2v) is 5.04. The molecule has 3 N–H and O–H groups in total. The maximum atomic E-state index is 8.68. The maximum Gasteiger partial charge on any atom is 0.144 e. The van der Waals surface area contributed by atoms with Gasteiger partial charge in [-0.15, -0.1) is 0 Å². The van der Waals surface area contributed by atoms with Crippen LogP contribution in [0.5, 0.6) is 0 Å². The van der Waals surface area contributed by atoms with Gasteiger partial charge in [-0.1, -0.05) is 49.3 Å². The Bertz CT molecular complexity index is 388. The number of nitrogens with zero attached hydrogens (tertiary/aromatic N) is 1. The predicted molar refractivity (Wildman–Crippen MR) is 72.6 cm³/mol. The number of ether oxygens (including phenoxy) is 1. The van der Waals surface area contributed by atoms with Crippen LogP contribution in [0.2, 0.25) is 0 Å². The first-order chi connectivity index (χ1) is 8.47. The van der Waals surface area contributed by atoms with Gasteiger partial charge in [0.05, 0.1) is 6.10 Å². The van der Waals surface area contributed by atoms with Crippen LogP contribution in [0, 0.1) is 5.41 Å². The van der Waals surface area contributed by atoms with Crippen molar-refractivity contribution in [3.8, 4) is 0 Å². The lowest BCUT2D eigenvalue weighted by Gasteiger charge is -2.23. The monoisotopic (exact) mass is 250 g/mol. The van der Waals surface area contributed by atoms with E-state index in [1.54, 1.807) is 0 Å². The van der Waals surface area contributed by atoms with Crippen LogP contribution >= 0.6 is 0 Å². The number of rotatable bonds is 6. The molecule has 0 aliphatic heterocycles. The van der Waals surface area contributed by atoms with Gasteiger partial charge in [0.25, 0.3) is 0 Å². The second-order valence-electron chi connectivity index (χ2n) is 5.04.